The molecule has 0 aromatic heterocycles. The van der Waals surface area contributed by atoms with E-state index in [1.54, 1.807) is 0 Å². The van der Waals surface area contributed by atoms with E-state index in [0.29, 0.717) is 6.10 Å². The van der Waals surface area contributed by atoms with Gasteiger partial charge in [0.15, 0.2) is 0 Å². The predicted octanol–water partition coefficient (Wildman–Crippen LogP) is 0.815. The molecule has 1 heterocycles. The van der Waals surface area contributed by atoms with Crippen molar-refractivity contribution in [3.63, 3.8) is 0 Å². The Hall–Kier alpha value is 0.1000. The fraction of sp³-hybridized carbons (Fsp3) is 0.778. The van der Waals surface area contributed by atoms with Crippen LogP contribution in [0.15, 0.2) is 11.1 Å². The normalized spacial score (nSPS) is 24.6. The molecule has 76 valence electrons. The largest absolute Gasteiger partial charge is 0.374 e. The molecule has 3 nitrogen and oxygen atoms in total. The van der Waals surface area contributed by atoms with Crippen LogP contribution in [0.2, 0.25) is 0 Å². The molecule has 4 heteroatoms. The molecule has 0 bridgehead atoms. The van der Waals surface area contributed by atoms with Gasteiger partial charge in [0.25, 0.3) is 0 Å². The minimum Gasteiger partial charge on any atom is -0.374 e. The number of hydrogen-bond donors (Lipinski definition) is 1. The van der Waals surface area contributed by atoms with Gasteiger partial charge in [-0.05, 0) is 7.05 Å². The zero-order chi connectivity index (χ0) is 9.68. The Morgan fingerprint density at radius 2 is 2.54 bits per heavy atom. The van der Waals surface area contributed by atoms with Crippen LogP contribution in [0, 0.1) is 0 Å². The topological polar surface area (TPSA) is 24.5 Å². The van der Waals surface area contributed by atoms with E-state index in [4.69, 9.17) is 4.74 Å². The Morgan fingerprint density at radius 1 is 1.77 bits per heavy atom. The molecule has 1 aliphatic heterocycles. The van der Waals surface area contributed by atoms with Crippen molar-refractivity contribution in [1.82, 2.24) is 10.2 Å². The first-order chi connectivity index (χ1) is 6.22. The summed E-state index contributed by atoms with van der Waals surface area (Å²) in [6.07, 6.45) is 0.325. The summed E-state index contributed by atoms with van der Waals surface area (Å²) < 4.78 is 6.62. The molecule has 0 aromatic carbocycles. The van der Waals surface area contributed by atoms with E-state index in [2.05, 4.69) is 32.7 Å². The number of nitrogens with zero attached hydrogens (tertiary/aromatic N) is 1. The number of morpholine rings is 1. The minimum atomic E-state index is 0.325. The molecule has 1 unspecified atom stereocenters. The predicted molar refractivity (Wildman–Crippen MR) is 58.2 cm³/mol. The van der Waals surface area contributed by atoms with E-state index in [1.165, 1.54) is 0 Å². The van der Waals surface area contributed by atoms with E-state index in [-0.39, 0.29) is 0 Å². The Labute approximate surface area is 88.3 Å². The van der Waals surface area contributed by atoms with Crippen molar-refractivity contribution in [1.29, 1.82) is 0 Å². The smallest absolute Gasteiger partial charge is 0.0826 e. The minimum absolute atomic E-state index is 0.325. The highest BCUT2D eigenvalue weighted by molar-refractivity contribution is 9.11. The molecule has 0 saturated carbocycles. The molecular formula is C9H17BrN2O. The van der Waals surface area contributed by atoms with E-state index in [0.717, 1.165) is 37.3 Å². The maximum absolute atomic E-state index is 5.58. The molecule has 1 saturated heterocycles. The monoisotopic (exact) mass is 248 g/mol. The average molecular weight is 249 g/mol. The second-order valence-electron chi connectivity index (χ2n) is 3.30. The van der Waals surface area contributed by atoms with Gasteiger partial charge in [-0.15, -0.1) is 0 Å². The lowest BCUT2D eigenvalue weighted by atomic mass is 10.2. The molecular weight excluding hydrogens is 232 g/mol. The molecule has 1 atom stereocenters. The summed E-state index contributed by atoms with van der Waals surface area (Å²) in [5.41, 5.74) is 0. The molecule has 0 aromatic rings. The Balaban J connectivity index is 2.28. The van der Waals surface area contributed by atoms with Gasteiger partial charge in [-0.25, -0.2) is 0 Å². The molecule has 1 aliphatic rings. The standard InChI is InChI=1S/C9H17BrN2O/c1-8(10)6-12-3-4-13-9(7-12)5-11-2/h9,11H,1,3-7H2,2H3. The number of hydrogen-bond acceptors (Lipinski definition) is 3. The zero-order valence-electron chi connectivity index (χ0n) is 8.05. The molecule has 1 N–H and O–H groups in total. The van der Waals surface area contributed by atoms with Crippen molar-refractivity contribution in [2.45, 2.75) is 6.10 Å². The molecule has 1 rings (SSSR count). The lowest BCUT2D eigenvalue weighted by Crippen LogP contribution is -2.46. The fourth-order valence-electron chi connectivity index (χ4n) is 1.52. The highest BCUT2D eigenvalue weighted by Gasteiger charge is 2.19. The third-order valence-corrected chi connectivity index (χ3v) is 2.30. The summed E-state index contributed by atoms with van der Waals surface area (Å²) in [5, 5.41) is 3.13. The Morgan fingerprint density at radius 3 is 3.15 bits per heavy atom. The third-order valence-electron chi connectivity index (χ3n) is 2.05. The number of nitrogens with one attached hydrogen (secondary N) is 1. The van der Waals surface area contributed by atoms with Crippen LogP contribution in [0.3, 0.4) is 0 Å². The van der Waals surface area contributed by atoms with Gasteiger partial charge in [0.1, 0.15) is 0 Å². The summed E-state index contributed by atoms with van der Waals surface area (Å²) >= 11 is 3.38. The molecule has 0 radical (unpaired) electrons. The van der Waals surface area contributed by atoms with Crippen molar-refractivity contribution in [3.05, 3.63) is 11.1 Å². The lowest BCUT2D eigenvalue weighted by molar-refractivity contribution is -0.0224. The van der Waals surface area contributed by atoms with Crippen molar-refractivity contribution in [2.75, 3.05) is 39.8 Å². The fourth-order valence-corrected chi connectivity index (χ4v) is 1.87. The molecule has 0 aliphatic carbocycles. The first kappa shape index (κ1) is 11.2. The summed E-state index contributed by atoms with van der Waals surface area (Å²) in [6, 6.07) is 0. The van der Waals surface area contributed by atoms with E-state index >= 15 is 0 Å². The van der Waals surface area contributed by atoms with Gasteiger partial charge in [-0.2, -0.15) is 0 Å². The highest BCUT2D eigenvalue weighted by atomic mass is 79.9. The SMILES string of the molecule is C=C(Br)CN1CCOC(CNC)C1. The zero-order valence-corrected chi connectivity index (χ0v) is 9.64. The average Bonchev–Trinajstić information content (AvgIpc) is 2.04. The first-order valence-corrected chi connectivity index (χ1v) is 5.33. The number of rotatable bonds is 4. The van der Waals surface area contributed by atoms with E-state index < -0.39 is 0 Å². The second kappa shape index (κ2) is 5.75. The van der Waals surface area contributed by atoms with Crippen molar-refractivity contribution in [2.24, 2.45) is 0 Å². The summed E-state index contributed by atoms with van der Waals surface area (Å²) in [6.45, 7) is 8.50. The number of likely N-dealkylation sites (N-methyl/N-ethyl adjacent to an activating group) is 1. The number of halogens is 1. The van der Waals surface area contributed by atoms with E-state index in [1.807, 2.05) is 7.05 Å². The van der Waals surface area contributed by atoms with Gasteiger partial charge >= 0.3 is 0 Å². The lowest BCUT2D eigenvalue weighted by Gasteiger charge is -2.32. The quantitative estimate of drug-likeness (QED) is 0.798. The maximum atomic E-state index is 5.58. The molecule has 1 fully saturated rings. The van der Waals surface area contributed by atoms with Crippen LogP contribution >= 0.6 is 15.9 Å². The molecule has 13 heavy (non-hydrogen) atoms. The van der Waals surface area contributed by atoms with Crippen LogP contribution in [0.25, 0.3) is 0 Å². The maximum Gasteiger partial charge on any atom is 0.0826 e. The van der Waals surface area contributed by atoms with Gasteiger partial charge < -0.3 is 10.1 Å². The van der Waals surface area contributed by atoms with Gasteiger partial charge in [-0.3, -0.25) is 4.90 Å². The van der Waals surface area contributed by atoms with Gasteiger partial charge in [0.2, 0.25) is 0 Å². The number of ether oxygens (including phenoxy) is 1. The first-order valence-electron chi connectivity index (χ1n) is 4.54. The van der Waals surface area contributed by atoms with Crippen LogP contribution in [-0.4, -0.2) is 50.8 Å². The van der Waals surface area contributed by atoms with Crippen molar-refractivity contribution in [3.8, 4) is 0 Å². The highest BCUT2D eigenvalue weighted by Crippen LogP contribution is 2.09. The summed E-state index contributed by atoms with van der Waals surface area (Å²) in [4.78, 5) is 2.35. The van der Waals surface area contributed by atoms with Crippen molar-refractivity contribution < 1.29 is 4.74 Å². The van der Waals surface area contributed by atoms with Crippen molar-refractivity contribution >= 4 is 15.9 Å². The summed E-state index contributed by atoms with van der Waals surface area (Å²) in [5.74, 6) is 0. The van der Waals surface area contributed by atoms with Crippen LogP contribution in [0.1, 0.15) is 0 Å². The van der Waals surface area contributed by atoms with Gasteiger partial charge in [0, 0.05) is 30.7 Å². The Bertz CT molecular complexity index is 173. The van der Waals surface area contributed by atoms with Crippen LogP contribution in [-0.2, 0) is 4.74 Å². The molecule has 0 spiro atoms. The van der Waals surface area contributed by atoms with Crippen LogP contribution in [0.5, 0.6) is 0 Å². The van der Waals surface area contributed by atoms with E-state index in [9.17, 15) is 0 Å². The second-order valence-corrected chi connectivity index (χ2v) is 4.42. The molecule has 0 amide bonds. The summed E-state index contributed by atoms with van der Waals surface area (Å²) in [7, 11) is 1.95. The third kappa shape index (κ3) is 4.22. The van der Waals surface area contributed by atoms with Crippen LogP contribution in [0.4, 0.5) is 0 Å². The van der Waals surface area contributed by atoms with Crippen LogP contribution < -0.4 is 5.32 Å². The Kier molecular flexibility index (Phi) is 4.94. The van der Waals surface area contributed by atoms with Gasteiger partial charge in [-0.1, -0.05) is 22.5 Å². The van der Waals surface area contributed by atoms with Gasteiger partial charge in [0.05, 0.1) is 12.7 Å².